The van der Waals surface area contributed by atoms with Crippen molar-refractivity contribution in [2.75, 3.05) is 11.9 Å². The first-order valence-electron chi connectivity index (χ1n) is 8.15. The van der Waals surface area contributed by atoms with Crippen LogP contribution in [0.3, 0.4) is 0 Å². The number of thioether (sulfide) groups is 1. The standard InChI is InChI=1S/C21H18FNO2S/c22-20-9-5-4-6-16(20)15-26-19-12-10-17(11-13-19)23-21(24)14-25-18-7-2-1-3-8-18/h1-13H,14-15H2,(H,23,24). The van der Waals surface area contributed by atoms with E-state index in [1.807, 2.05) is 48.5 Å². The summed E-state index contributed by atoms with van der Waals surface area (Å²) in [5.41, 5.74) is 1.37. The first-order valence-corrected chi connectivity index (χ1v) is 9.13. The SMILES string of the molecule is O=C(COc1ccccc1)Nc1ccc(SCc2ccccc2F)cc1. The van der Waals surface area contributed by atoms with Crippen LogP contribution in [0.2, 0.25) is 0 Å². The predicted octanol–water partition coefficient (Wildman–Crippen LogP) is 5.14. The van der Waals surface area contributed by atoms with Gasteiger partial charge in [-0.1, -0.05) is 36.4 Å². The minimum Gasteiger partial charge on any atom is -0.484 e. The number of carbonyl (C=O) groups is 1. The molecule has 132 valence electrons. The Kier molecular flexibility index (Phi) is 6.28. The highest BCUT2D eigenvalue weighted by Crippen LogP contribution is 2.25. The van der Waals surface area contributed by atoms with Crippen molar-refractivity contribution in [3.05, 3.63) is 90.2 Å². The molecule has 3 nitrogen and oxygen atoms in total. The predicted molar refractivity (Wildman–Crippen MR) is 103 cm³/mol. The van der Waals surface area contributed by atoms with Gasteiger partial charge >= 0.3 is 0 Å². The highest BCUT2D eigenvalue weighted by atomic mass is 32.2. The van der Waals surface area contributed by atoms with E-state index in [2.05, 4.69) is 5.32 Å². The van der Waals surface area contributed by atoms with E-state index >= 15 is 0 Å². The second-order valence-corrected chi connectivity index (χ2v) is 6.60. The van der Waals surface area contributed by atoms with Gasteiger partial charge in [0.15, 0.2) is 6.61 Å². The molecule has 0 aliphatic rings. The summed E-state index contributed by atoms with van der Waals surface area (Å²) in [6.45, 7) is -0.0478. The maximum absolute atomic E-state index is 13.6. The van der Waals surface area contributed by atoms with Crippen LogP contribution in [0.15, 0.2) is 83.8 Å². The first-order chi connectivity index (χ1) is 12.7. The molecule has 3 aromatic carbocycles. The monoisotopic (exact) mass is 367 g/mol. The van der Waals surface area contributed by atoms with Gasteiger partial charge < -0.3 is 10.1 Å². The summed E-state index contributed by atoms with van der Waals surface area (Å²) in [6, 6.07) is 23.4. The molecule has 0 aliphatic carbocycles. The van der Waals surface area contributed by atoms with Gasteiger partial charge in [-0.15, -0.1) is 11.8 Å². The second kappa shape index (κ2) is 9.06. The Balaban J connectivity index is 1.48. The first kappa shape index (κ1) is 18.0. The van der Waals surface area contributed by atoms with Crippen molar-refractivity contribution in [1.29, 1.82) is 0 Å². The van der Waals surface area contributed by atoms with Gasteiger partial charge in [0.25, 0.3) is 5.91 Å². The van der Waals surface area contributed by atoms with E-state index in [-0.39, 0.29) is 18.3 Å². The molecule has 1 N–H and O–H groups in total. The number of benzene rings is 3. The van der Waals surface area contributed by atoms with Gasteiger partial charge in [0, 0.05) is 16.3 Å². The maximum atomic E-state index is 13.6. The average Bonchev–Trinajstić information content (AvgIpc) is 2.68. The highest BCUT2D eigenvalue weighted by Gasteiger charge is 2.05. The lowest BCUT2D eigenvalue weighted by Crippen LogP contribution is -2.20. The molecule has 0 spiro atoms. The molecule has 0 fully saturated rings. The number of hydrogen-bond acceptors (Lipinski definition) is 3. The van der Waals surface area contributed by atoms with E-state index in [0.29, 0.717) is 22.8 Å². The molecule has 0 radical (unpaired) electrons. The summed E-state index contributed by atoms with van der Waals surface area (Å²) < 4.78 is 19.0. The van der Waals surface area contributed by atoms with Crippen LogP contribution in [-0.4, -0.2) is 12.5 Å². The lowest BCUT2D eigenvalue weighted by molar-refractivity contribution is -0.118. The van der Waals surface area contributed by atoms with Gasteiger partial charge in [-0.05, 0) is 48.0 Å². The Labute approximate surface area is 156 Å². The summed E-state index contributed by atoms with van der Waals surface area (Å²) in [7, 11) is 0. The van der Waals surface area contributed by atoms with E-state index in [1.165, 1.54) is 6.07 Å². The maximum Gasteiger partial charge on any atom is 0.262 e. The number of rotatable bonds is 7. The third-order valence-electron chi connectivity index (χ3n) is 3.60. The molecule has 0 saturated heterocycles. The van der Waals surface area contributed by atoms with Crippen LogP contribution in [0.1, 0.15) is 5.56 Å². The van der Waals surface area contributed by atoms with Crippen molar-refractivity contribution < 1.29 is 13.9 Å². The fourth-order valence-electron chi connectivity index (χ4n) is 2.27. The quantitative estimate of drug-likeness (QED) is 0.588. The Morgan fingerprint density at radius 2 is 1.62 bits per heavy atom. The lowest BCUT2D eigenvalue weighted by atomic mass is 10.2. The van der Waals surface area contributed by atoms with Crippen molar-refractivity contribution in [2.24, 2.45) is 0 Å². The Morgan fingerprint density at radius 1 is 0.923 bits per heavy atom. The van der Waals surface area contributed by atoms with Crippen LogP contribution < -0.4 is 10.1 Å². The molecule has 0 atom stereocenters. The Hall–Kier alpha value is -2.79. The van der Waals surface area contributed by atoms with Crippen molar-refractivity contribution >= 4 is 23.4 Å². The van der Waals surface area contributed by atoms with Crippen LogP contribution in [0.5, 0.6) is 5.75 Å². The number of ether oxygens (including phenoxy) is 1. The van der Waals surface area contributed by atoms with Crippen molar-refractivity contribution in [2.45, 2.75) is 10.6 Å². The van der Waals surface area contributed by atoms with Gasteiger partial charge in [-0.2, -0.15) is 0 Å². The normalized spacial score (nSPS) is 10.3. The summed E-state index contributed by atoms with van der Waals surface area (Å²) in [6.07, 6.45) is 0. The van der Waals surface area contributed by atoms with Crippen LogP contribution >= 0.6 is 11.8 Å². The lowest BCUT2D eigenvalue weighted by Gasteiger charge is -2.08. The van der Waals surface area contributed by atoms with Gasteiger partial charge in [0.2, 0.25) is 0 Å². The smallest absolute Gasteiger partial charge is 0.262 e. The molecule has 1 amide bonds. The Bertz CT molecular complexity index is 853. The fourth-order valence-corrected chi connectivity index (χ4v) is 3.16. The summed E-state index contributed by atoms with van der Waals surface area (Å²) in [5.74, 6) is 0.800. The van der Waals surface area contributed by atoms with Crippen molar-refractivity contribution in [3.8, 4) is 5.75 Å². The van der Waals surface area contributed by atoms with Gasteiger partial charge in [-0.25, -0.2) is 4.39 Å². The highest BCUT2D eigenvalue weighted by molar-refractivity contribution is 7.98. The summed E-state index contributed by atoms with van der Waals surface area (Å²) in [5, 5.41) is 2.79. The molecular weight excluding hydrogens is 349 g/mol. The third-order valence-corrected chi connectivity index (χ3v) is 4.66. The van der Waals surface area contributed by atoms with E-state index in [0.717, 1.165) is 4.90 Å². The van der Waals surface area contributed by atoms with E-state index in [4.69, 9.17) is 4.74 Å². The van der Waals surface area contributed by atoms with Gasteiger partial charge in [0.05, 0.1) is 0 Å². The molecule has 0 bridgehead atoms. The van der Waals surface area contributed by atoms with E-state index in [9.17, 15) is 9.18 Å². The van der Waals surface area contributed by atoms with Gasteiger partial charge in [-0.3, -0.25) is 4.79 Å². The fraction of sp³-hybridized carbons (Fsp3) is 0.0952. The minimum absolute atomic E-state index is 0.0478. The number of halogens is 1. The van der Waals surface area contributed by atoms with Gasteiger partial charge in [0.1, 0.15) is 11.6 Å². The van der Waals surface area contributed by atoms with Crippen LogP contribution in [0, 0.1) is 5.82 Å². The molecule has 0 saturated carbocycles. The molecule has 26 heavy (non-hydrogen) atoms. The molecule has 0 heterocycles. The molecule has 5 heteroatoms. The molecular formula is C21H18FNO2S. The van der Waals surface area contributed by atoms with Crippen LogP contribution in [0.4, 0.5) is 10.1 Å². The van der Waals surface area contributed by atoms with Crippen molar-refractivity contribution in [1.82, 2.24) is 0 Å². The molecule has 3 aromatic rings. The largest absolute Gasteiger partial charge is 0.484 e. The van der Waals surface area contributed by atoms with E-state index in [1.54, 1.807) is 36.0 Å². The molecule has 0 aliphatic heterocycles. The van der Waals surface area contributed by atoms with Crippen LogP contribution in [-0.2, 0) is 10.5 Å². The number of carbonyl (C=O) groups excluding carboxylic acids is 1. The number of hydrogen-bond donors (Lipinski definition) is 1. The zero-order valence-corrected chi connectivity index (χ0v) is 14.8. The van der Waals surface area contributed by atoms with Crippen molar-refractivity contribution in [3.63, 3.8) is 0 Å². The Morgan fingerprint density at radius 3 is 2.35 bits per heavy atom. The van der Waals surface area contributed by atoms with E-state index < -0.39 is 0 Å². The van der Waals surface area contributed by atoms with Crippen LogP contribution in [0.25, 0.3) is 0 Å². The zero-order valence-electron chi connectivity index (χ0n) is 14.0. The second-order valence-electron chi connectivity index (χ2n) is 5.55. The topological polar surface area (TPSA) is 38.3 Å². The molecule has 0 aromatic heterocycles. The average molecular weight is 367 g/mol. The molecule has 3 rings (SSSR count). The number of amides is 1. The third kappa shape index (κ3) is 5.36. The minimum atomic E-state index is -0.222. The number of nitrogens with one attached hydrogen (secondary N) is 1. The summed E-state index contributed by atoms with van der Waals surface area (Å²) in [4.78, 5) is 12.9. The summed E-state index contributed by atoms with van der Waals surface area (Å²) >= 11 is 1.55. The zero-order chi connectivity index (χ0) is 18.2. The number of anilines is 1. The number of para-hydroxylation sites is 1. The molecule has 0 unspecified atom stereocenters.